The van der Waals surface area contributed by atoms with Crippen molar-refractivity contribution in [3.05, 3.63) is 47.0 Å². The van der Waals surface area contributed by atoms with Crippen LogP contribution in [-0.4, -0.2) is 33.5 Å². The molecule has 2 aromatic rings. The summed E-state index contributed by atoms with van der Waals surface area (Å²) >= 11 is 0. The van der Waals surface area contributed by atoms with Crippen molar-refractivity contribution in [2.75, 3.05) is 27.9 Å². The summed E-state index contributed by atoms with van der Waals surface area (Å²) in [5.74, 6) is 4.17. The molecule has 0 amide bonds. The van der Waals surface area contributed by atoms with E-state index in [-0.39, 0.29) is 11.5 Å². The maximum Gasteiger partial charge on any atom is 0.136 e. The Morgan fingerprint density at radius 1 is 1.00 bits per heavy atom. The zero-order valence-electron chi connectivity index (χ0n) is 17.0. The largest absolute Gasteiger partial charge is 0.497 e. The highest BCUT2D eigenvalue weighted by molar-refractivity contribution is 5.72. The minimum atomic E-state index is -0.347. The quantitative estimate of drug-likeness (QED) is 0.772. The number of ether oxygens (including phenoxy) is 5. The smallest absolute Gasteiger partial charge is 0.136 e. The van der Waals surface area contributed by atoms with E-state index in [1.165, 1.54) is 0 Å². The fraction of sp³-hybridized carbons (Fsp3) is 0.391. The SMILES string of the molecule is COc1ccc([C@H]2COc3cc4c(c(OC)c3C2)C=CC(C)(C)O4)c(OC)c1. The van der Waals surface area contributed by atoms with Crippen LogP contribution in [0.2, 0.25) is 0 Å². The summed E-state index contributed by atoms with van der Waals surface area (Å²) in [7, 11) is 5.02. The molecule has 1 atom stereocenters. The summed E-state index contributed by atoms with van der Waals surface area (Å²) in [6, 6.07) is 7.90. The van der Waals surface area contributed by atoms with Gasteiger partial charge in [-0.15, -0.1) is 0 Å². The van der Waals surface area contributed by atoms with Gasteiger partial charge in [-0.05, 0) is 38.5 Å². The van der Waals surface area contributed by atoms with Gasteiger partial charge in [-0.3, -0.25) is 0 Å². The van der Waals surface area contributed by atoms with Gasteiger partial charge in [0, 0.05) is 29.2 Å². The minimum absolute atomic E-state index is 0.158. The van der Waals surface area contributed by atoms with Gasteiger partial charge in [0.2, 0.25) is 0 Å². The molecule has 0 aliphatic carbocycles. The molecule has 0 fully saturated rings. The van der Waals surface area contributed by atoms with Crippen LogP contribution >= 0.6 is 0 Å². The molecule has 2 aliphatic heterocycles. The predicted octanol–water partition coefficient (Wildman–Crippen LogP) is 4.62. The van der Waals surface area contributed by atoms with Crippen LogP contribution in [-0.2, 0) is 6.42 Å². The number of hydrogen-bond acceptors (Lipinski definition) is 5. The zero-order chi connectivity index (χ0) is 19.9. The van der Waals surface area contributed by atoms with Gasteiger partial charge in [-0.1, -0.05) is 6.07 Å². The molecule has 2 aromatic carbocycles. The molecule has 0 radical (unpaired) electrons. The molecule has 2 heterocycles. The van der Waals surface area contributed by atoms with E-state index in [1.54, 1.807) is 21.3 Å². The molecule has 5 heteroatoms. The Hall–Kier alpha value is -2.82. The molecule has 28 heavy (non-hydrogen) atoms. The van der Waals surface area contributed by atoms with E-state index in [1.807, 2.05) is 38.1 Å². The lowest BCUT2D eigenvalue weighted by Crippen LogP contribution is -2.28. The molecule has 0 spiro atoms. The third-order valence-corrected chi connectivity index (χ3v) is 5.34. The molecular formula is C23H26O5. The molecule has 0 unspecified atom stereocenters. The van der Waals surface area contributed by atoms with Crippen molar-refractivity contribution in [1.82, 2.24) is 0 Å². The first-order valence-electron chi connectivity index (χ1n) is 9.42. The average Bonchev–Trinajstić information content (AvgIpc) is 2.70. The summed E-state index contributed by atoms with van der Waals surface area (Å²) in [4.78, 5) is 0. The van der Waals surface area contributed by atoms with Crippen molar-refractivity contribution in [3.8, 4) is 28.7 Å². The summed E-state index contributed by atoms with van der Waals surface area (Å²) in [6.45, 7) is 4.63. The molecule has 0 saturated heterocycles. The van der Waals surface area contributed by atoms with Gasteiger partial charge < -0.3 is 23.7 Å². The molecule has 0 N–H and O–H groups in total. The normalized spacial score (nSPS) is 19.0. The highest BCUT2D eigenvalue weighted by Crippen LogP contribution is 2.48. The van der Waals surface area contributed by atoms with E-state index >= 15 is 0 Å². The molecule has 5 nitrogen and oxygen atoms in total. The molecule has 2 aliphatic rings. The summed E-state index contributed by atoms with van der Waals surface area (Å²) in [6.07, 6.45) is 4.93. The highest BCUT2D eigenvalue weighted by Gasteiger charge is 2.32. The van der Waals surface area contributed by atoms with E-state index in [2.05, 4.69) is 12.2 Å². The van der Waals surface area contributed by atoms with Crippen LogP contribution in [0.3, 0.4) is 0 Å². The first-order chi connectivity index (χ1) is 13.5. The van der Waals surface area contributed by atoms with Crippen LogP contribution < -0.4 is 23.7 Å². The van der Waals surface area contributed by atoms with Crippen LogP contribution in [0, 0.1) is 0 Å². The van der Waals surface area contributed by atoms with Crippen molar-refractivity contribution in [2.45, 2.75) is 31.8 Å². The van der Waals surface area contributed by atoms with Gasteiger partial charge in [-0.25, -0.2) is 0 Å². The summed E-state index contributed by atoms with van der Waals surface area (Å²) < 4.78 is 29.0. The fourth-order valence-electron chi connectivity index (χ4n) is 3.92. The molecular weight excluding hydrogens is 356 g/mol. The van der Waals surface area contributed by atoms with Gasteiger partial charge in [0.15, 0.2) is 0 Å². The zero-order valence-corrected chi connectivity index (χ0v) is 17.0. The van der Waals surface area contributed by atoms with E-state index in [0.717, 1.165) is 51.9 Å². The second kappa shape index (κ2) is 6.97. The lowest BCUT2D eigenvalue weighted by atomic mass is 9.87. The lowest BCUT2D eigenvalue weighted by Gasteiger charge is -2.33. The summed E-state index contributed by atoms with van der Waals surface area (Å²) in [5.41, 5.74) is 2.77. The van der Waals surface area contributed by atoms with Crippen LogP contribution in [0.4, 0.5) is 0 Å². The Balaban J connectivity index is 1.73. The average molecular weight is 382 g/mol. The van der Waals surface area contributed by atoms with E-state index < -0.39 is 0 Å². The fourth-order valence-corrected chi connectivity index (χ4v) is 3.92. The van der Waals surface area contributed by atoms with Crippen molar-refractivity contribution in [1.29, 1.82) is 0 Å². The van der Waals surface area contributed by atoms with Crippen molar-refractivity contribution in [2.24, 2.45) is 0 Å². The monoisotopic (exact) mass is 382 g/mol. The third-order valence-electron chi connectivity index (χ3n) is 5.34. The molecule has 0 bridgehead atoms. The minimum Gasteiger partial charge on any atom is -0.497 e. The summed E-state index contributed by atoms with van der Waals surface area (Å²) in [5, 5.41) is 0. The number of fused-ring (bicyclic) bond motifs is 2. The number of hydrogen-bond donors (Lipinski definition) is 0. The molecule has 0 saturated carbocycles. The predicted molar refractivity (Wildman–Crippen MR) is 108 cm³/mol. The van der Waals surface area contributed by atoms with Gasteiger partial charge in [0.1, 0.15) is 34.3 Å². The maximum atomic E-state index is 6.15. The third kappa shape index (κ3) is 3.15. The standard InChI is InChI=1S/C23H26O5/c1-23(2)9-8-17-21(28-23)12-20-18(22(17)26-5)10-14(13-27-20)16-7-6-15(24-3)11-19(16)25-4/h6-9,11-12,14H,10,13H2,1-5H3/t14-/m1/s1. The van der Waals surface area contributed by atoms with E-state index in [4.69, 9.17) is 23.7 Å². The van der Waals surface area contributed by atoms with Gasteiger partial charge in [-0.2, -0.15) is 0 Å². The van der Waals surface area contributed by atoms with Crippen molar-refractivity contribution >= 4 is 6.08 Å². The number of benzene rings is 2. The van der Waals surface area contributed by atoms with Gasteiger partial charge in [0.25, 0.3) is 0 Å². The number of methoxy groups -OCH3 is 3. The Labute approximate surface area is 165 Å². The first-order valence-corrected chi connectivity index (χ1v) is 9.42. The van der Waals surface area contributed by atoms with Crippen LogP contribution in [0.5, 0.6) is 28.7 Å². The Bertz CT molecular complexity index is 929. The van der Waals surface area contributed by atoms with Crippen LogP contribution in [0.15, 0.2) is 30.3 Å². The Morgan fingerprint density at radius 2 is 1.82 bits per heavy atom. The van der Waals surface area contributed by atoms with Crippen LogP contribution in [0.1, 0.15) is 36.5 Å². The van der Waals surface area contributed by atoms with Gasteiger partial charge in [0.05, 0.1) is 33.5 Å². The number of rotatable bonds is 4. The maximum absolute atomic E-state index is 6.15. The Kier molecular flexibility index (Phi) is 4.61. The van der Waals surface area contributed by atoms with E-state index in [0.29, 0.717) is 6.61 Å². The van der Waals surface area contributed by atoms with E-state index in [9.17, 15) is 0 Å². The lowest BCUT2D eigenvalue weighted by molar-refractivity contribution is 0.156. The van der Waals surface area contributed by atoms with Gasteiger partial charge >= 0.3 is 0 Å². The Morgan fingerprint density at radius 3 is 2.54 bits per heavy atom. The second-order valence-corrected chi connectivity index (χ2v) is 7.66. The molecule has 4 rings (SSSR count). The van der Waals surface area contributed by atoms with Crippen molar-refractivity contribution in [3.63, 3.8) is 0 Å². The molecule has 0 aromatic heterocycles. The van der Waals surface area contributed by atoms with Crippen LogP contribution in [0.25, 0.3) is 6.08 Å². The first kappa shape index (κ1) is 18.5. The second-order valence-electron chi connectivity index (χ2n) is 7.66. The topological polar surface area (TPSA) is 46.2 Å². The highest BCUT2D eigenvalue weighted by atomic mass is 16.5. The van der Waals surface area contributed by atoms with Crippen molar-refractivity contribution < 1.29 is 23.7 Å². The molecule has 148 valence electrons.